The number of aliphatic carboxylic acids is 1. The first-order chi connectivity index (χ1) is 33.4. The minimum absolute atomic E-state index is 0.159. The van der Waals surface area contributed by atoms with E-state index in [0.717, 1.165) is 0 Å². The number of carbonyl (C=O) groups is 9. The summed E-state index contributed by atoms with van der Waals surface area (Å²) in [6.45, 7) is 39.9. The molecule has 35 heteroatoms. The molecule has 0 aliphatic carbocycles. The topological polar surface area (TPSA) is 388 Å². The first-order valence-corrected chi connectivity index (χ1v) is 47.7. The summed E-state index contributed by atoms with van der Waals surface area (Å²) in [4.78, 5) is 139. The van der Waals surface area contributed by atoms with Gasteiger partial charge in [-0.2, -0.15) is 0 Å². The van der Waals surface area contributed by atoms with Crippen LogP contribution >= 0.6 is 0 Å². The van der Waals surface area contributed by atoms with Crippen LogP contribution in [0.2, 0.25) is 116 Å². The number of carboxylic acid groups (broad SMARTS) is 1. The molecule has 7 N–H and O–H groups in total. The predicted molar refractivity (Wildman–Crippen MR) is 296 cm³/mol. The Bertz CT molecular complexity index is 1250. The summed E-state index contributed by atoms with van der Waals surface area (Å²) in [5.41, 5.74) is 0. The monoisotopic (exact) mass is 1230 g/mol. The van der Waals surface area contributed by atoms with Crippen molar-refractivity contribution in [3.63, 3.8) is 0 Å². The lowest BCUT2D eigenvalue weighted by molar-refractivity contribution is -0.142. The molecule has 0 aliphatic rings. The minimum atomic E-state index is -3.64. The zero-order chi connectivity index (χ0) is 60.6. The Morgan fingerprint density at radius 1 is 0.338 bits per heavy atom. The van der Waals surface area contributed by atoms with Crippen LogP contribution in [0.5, 0.6) is 0 Å². The van der Waals surface area contributed by atoms with Crippen molar-refractivity contribution in [1.29, 1.82) is 0 Å². The van der Waals surface area contributed by atoms with Gasteiger partial charge in [0.15, 0.2) is 75.2 Å². The lowest BCUT2D eigenvalue weighted by atomic mass is 10.7. The number of carboxylic acids is 1. The highest BCUT2D eigenvalue weighted by Gasteiger charge is 2.45. The standard InChI is InChI=1S/3C9H26O5Si3.C4H8O3.4C2H2O2/c3*1-7-12-8-9-17(10,11)14-16(5,6)13-15(2,3)4;1-2-7-3-4(5)6;4*3-1-2-4/h3*10-11H,7-9H2,1-6H3;2-3H2,1H3,(H,5,6);4*1-2H. The van der Waals surface area contributed by atoms with Gasteiger partial charge in [0.25, 0.3) is 0 Å². The van der Waals surface area contributed by atoms with Crippen molar-refractivity contribution in [2.24, 2.45) is 0 Å². The fourth-order valence-corrected chi connectivity index (χ4v) is 36.1. The van der Waals surface area contributed by atoms with Crippen LogP contribution in [0.15, 0.2) is 0 Å². The molecule has 0 rings (SSSR count). The summed E-state index contributed by atoms with van der Waals surface area (Å²) in [5.74, 6) is -0.915. The normalized spacial score (nSPS) is 11.6. The summed E-state index contributed by atoms with van der Waals surface area (Å²) >= 11 is 0. The lowest BCUT2D eigenvalue weighted by Crippen LogP contribution is -2.54. The second-order valence-electron chi connectivity index (χ2n) is 18.3. The first-order valence-electron chi connectivity index (χ1n) is 23.0. The summed E-state index contributed by atoms with van der Waals surface area (Å²) in [7, 11) is -23.5. The van der Waals surface area contributed by atoms with Gasteiger partial charge in [-0.3, -0.25) is 38.4 Å². The Morgan fingerprint density at radius 3 is 0.622 bits per heavy atom. The summed E-state index contributed by atoms with van der Waals surface area (Å²) in [6.07, 6.45) is 1.56. The number of hydrogen-bond acceptors (Lipinski definition) is 25. The van der Waals surface area contributed by atoms with Crippen LogP contribution in [-0.4, -0.2) is 220 Å². The average Bonchev–Trinajstić information content (AvgIpc) is 3.20. The Balaban J connectivity index is -0.000000121. The van der Waals surface area contributed by atoms with E-state index in [1.165, 1.54) is 0 Å². The maximum Gasteiger partial charge on any atom is 0.488 e. The van der Waals surface area contributed by atoms with Gasteiger partial charge in [-0.25, -0.2) is 4.79 Å². The molecule has 74 heavy (non-hydrogen) atoms. The molecular weight excluding hydrogens is 1140 g/mol. The van der Waals surface area contributed by atoms with Crippen molar-refractivity contribution in [2.45, 2.75) is 144 Å². The predicted octanol–water partition coefficient (Wildman–Crippen LogP) is 2.19. The number of rotatable bonds is 31. The van der Waals surface area contributed by atoms with Crippen LogP contribution in [-0.2, 0) is 86.8 Å². The highest BCUT2D eigenvalue weighted by atomic mass is 28.5. The molecule has 0 radical (unpaired) electrons. The third kappa shape index (κ3) is 92.7. The second kappa shape index (κ2) is 49.4. The van der Waals surface area contributed by atoms with Gasteiger partial charge < -0.3 is 77.5 Å². The molecule has 0 saturated heterocycles. The van der Waals surface area contributed by atoms with Crippen LogP contribution in [0.4, 0.5) is 0 Å². The lowest BCUT2D eigenvalue weighted by Gasteiger charge is -2.34. The van der Waals surface area contributed by atoms with Crippen molar-refractivity contribution in [1.82, 2.24) is 0 Å². The minimum Gasteiger partial charge on any atom is -0.480 e. The van der Waals surface area contributed by atoms with Gasteiger partial charge in [0.2, 0.25) is 0 Å². The van der Waals surface area contributed by atoms with E-state index in [1.807, 2.05) is 60.1 Å². The molecule has 0 amide bonds. The zero-order valence-electron chi connectivity index (χ0n) is 47.3. The highest BCUT2D eigenvalue weighted by molar-refractivity contribution is 6.86. The van der Waals surface area contributed by atoms with Gasteiger partial charge in [-0.15, -0.1) is 0 Å². The van der Waals surface area contributed by atoms with E-state index < -0.39 is 83.0 Å². The molecule has 442 valence electrons. The third-order valence-electron chi connectivity index (χ3n) is 5.86. The molecule has 0 bridgehead atoms. The molecule has 0 atom stereocenters. The van der Waals surface area contributed by atoms with E-state index in [-0.39, 0.29) is 75.0 Å². The molecule has 0 aromatic heterocycles. The van der Waals surface area contributed by atoms with Crippen LogP contribution < -0.4 is 0 Å². The van der Waals surface area contributed by atoms with E-state index in [0.29, 0.717) is 46.2 Å². The second-order valence-corrected chi connectivity index (χ2v) is 50.3. The van der Waals surface area contributed by atoms with Crippen molar-refractivity contribution in [2.75, 3.05) is 52.9 Å². The Labute approximate surface area is 448 Å². The van der Waals surface area contributed by atoms with Gasteiger partial charge in [0.05, 0.1) is 19.8 Å². The average molecular weight is 1230 g/mol. The fourth-order valence-electron chi connectivity index (χ4n) is 4.85. The van der Waals surface area contributed by atoms with Gasteiger partial charge in [-0.1, -0.05) is 0 Å². The van der Waals surface area contributed by atoms with Gasteiger partial charge in [0, 0.05) is 44.6 Å². The number of hydrogen-bond donors (Lipinski definition) is 7. The summed E-state index contributed by atoms with van der Waals surface area (Å²) in [5, 5.41) is 7.92. The number of aldehydes is 8. The molecule has 0 aliphatic heterocycles. The van der Waals surface area contributed by atoms with E-state index in [2.05, 4.69) is 63.7 Å². The molecule has 0 unspecified atom stereocenters. The van der Waals surface area contributed by atoms with E-state index in [4.69, 9.17) is 82.4 Å². The van der Waals surface area contributed by atoms with E-state index in [1.54, 1.807) is 6.92 Å². The molecule has 0 spiro atoms. The molecule has 0 heterocycles. The van der Waals surface area contributed by atoms with Gasteiger partial charge in [0.1, 0.15) is 6.61 Å². The molecule has 26 nitrogen and oxygen atoms in total. The van der Waals surface area contributed by atoms with Crippen LogP contribution in [0, 0.1) is 0 Å². The Hall–Kier alpha value is -1.86. The molecule has 0 aromatic rings. The smallest absolute Gasteiger partial charge is 0.480 e. The van der Waals surface area contributed by atoms with Crippen molar-refractivity contribution < 1.29 is 121 Å². The fraction of sp³-hybridized carbons (Fsp3) is 0.769. The first kappa shape index (κ1) is 88.7. The van der Waals surface area contributed by atoms with Crippen LogP contribution in [0.3, 0.4) is 0 Å². The molecule has 0 fully saturated rings. The summed E-state index contributed by atoms with van der Waals surface area (Å²) in [6, 6.07) is 0.477. The zero-order valence-corrected chi connectivity index (χ0v) is 56.3. The van der Waals surface area contributed by atoms with Crippen molar-refractivity contribution in [3.05, 3.63) is 0 Å². The van der Waals surface area contributed by atoms with E-state index >= 15 is 0 Å². The van der Waals surface area contributed by atoms with Gasteiger partial charge >= 0.3 is 58.1 Å². The number of ether oxygens (including phenoxy) is 4. The van der Waals surface area contributed by atoms with Crippen molar-refractivity contribution in [3.8, 4) is 0 Å². The summed E-state index contributed by atoms with van der Waals surface area (Å²) < 4.78 is 53.9. The van der Waals surface area contributed by atoms with Crippen molar-refractivity contribution >= 4 is 133 Å². The Kier molecular flexibility index (Phi) is 59.3. The van der Waals surface area contributed by atoms with Crippen LogP contribution in [0.1, 0.15) is 27.7 Å². The highest BCUT2D eigenvalue weighted by Crippen LogP contribution is 2.22. The maximum absolute atomic E-state index is 9.84. The number of carbonyl (C=O) groups excluding carboxylic acids is 8. The van der Waals surface area contributed by atoms with Crippen LogP contribution in [0.25, 0.3) is 0 Å². The quantitative estimate of drug-likeness (QED) is 0.0226. The van der Waals surface area contributed by atoms with Gasteiger partial charge in [-0.05, 0) is 126 Å². The molecule has 0 aromatic carbocycles. The SMILES string of the molecule is CCOCC(=O)O.CCOCC[Si](O)(O)O[Si](C)(C)O[Si](C)(C)C.CCOCC[Si](O)(O)O[Si](C)(C)O[Si](C)(C)C.CCOCC[Si](O)(O)O[Si](C)(C)O[Si](C)(C)C.O=CC=O.O=CC=O.O=CC=O.O=CC=O. The maximum atomic E-state index is 9.84. The molecular formula is C39H94O26Si9. The third-order valence-corrected chi connectivity index (χ3v) is 31.5. The van der Waals surface area contributed by atoms with E-state index in [9.17, 15) is 33.6 Å². The Morgan fingerprint density at radius 2 is 0.514 bits per heavy atom. The largest absolute Gasteiger partial charge is 0.488 e. The molecule has 0 saturated carbocycles.